The highest BCUT2D eigenvalue weighted by Crippen LogP contribution is 2.29. The van der Waals surface area contributed by atoms with E-state index in [0.717, 1.165) is 34.6 Å². The maximum atomic E-state index is 14.5. The predicted octanol–water partition coefficient (Wildman–Crippen LogP) is 4.96. The van der Waals surface area contributed by atoms with Crippen molar-refractivity contribution in [2.24, 2.45) is 0 Å². The van der Waals surface area contributed by atoms with Gasteiger partial charge in [0.1, 0.15) is 11.9 Å². The van der Waals surface area contributed by atoms with Gasteiger partial charge < -0.3 is 10.4 Å². The van der Waals surface area contributed by atoms with Crippen LogP contribution in [0, 0.1) is 11.6 Å². The molecule has 1 atom stereocenters. The average molecular weight is 510 g/mol. The van der Waals surface area contributed by atoms with Crippen molar-refractivity contribution in [1.29, 1.82) is 0 Å². The molecular formula is C26H18ClF2N3O4. The molecule has 0 bridgehead atoms. The van der Waals surface area contributed by atoms with Crippen molar-refractivity contribution in [2.45, 2.75) is 12.5 Å². The van der Waals surface area contributed by atoms with Crippen LogP contribution in [0.15, 0.2) is 83.8 Å². The van der Waals surface area contributed by atoms with Crippen LogP contribution < -0.4 is 10.9 Å². The average Bonchev–Trinajstić information content (AvgIpc) is 2.86. The maximum Gasteiger partial charge on any atom is 0.335 e. The maximum absolute atomic E-state index is 14.5. The number of anilines is 1. The standard InChI is InChI=1S/C26H18ClF2N3O4/c27-19-10-11-20(28)23(24(19)29)17-13-22(33)32(30-14-17)21(12-15-4-2-1-3-5-15)25(34)31-18-8-6-16(7-9-18)26(35)36/h1-11,13-14,21H,12H2,(H,31,34)(H,35,36). The molecule has 1 heterocycles. The Labute approximate surface area is 208 Å². The zero-order chi connectivity index (χ0) is 25.8. The number of carboxylic acids is 1. The summed E-state index contributed by atoms with van der Waals surface area (Å²) in [6, 6.07) is 16.3. The monoisotopic (exact) mass is 509 g/mol. The molecule has 0 saturated heterocycles. The van der Waals surface area contributed by atoms with Crippen LogP contribution in [0.5, 0.6) is 0 Å². The summed E-state index contributed by atoms with van der Waals surface area (Å²) in [6.07, 6.45) is 1.18. The summed E-state index contributed by atoms with van der Waals surface area (Å²) in [7, 11) is 0. The molecule has 3 aromatic carbocycles. The number of amides is 1. The van der Waals surface area contributed by atoms with Crippen molar-refractivity contribution in [1.82, 2.24) is 9.78 Å². The van der Waals surface area contributed by atoms with E-state index in [1.165, 1.54) is 24.3 Å². The second kappa shape index (κ2) is 10.5. The number of hydrogen-bond donors (Lipinski definition) is 2. The van der Waals surface area contributed by atoms with Crippen LogP contribution in [-0.4, -0.2) is 26.8 Å². The molecule has 1 amide bonds. The molecule has 0 aliphatic rings. The van der Waals surface area contributed by atoms with Gasteiger partial charge >= 0.3 is 5.97 Å². The molecule has 0 saturated carbocycles. The number of aromatic nitrogens is 2. The summed E-state index contributed by atoms with van der Waals surface area (Å²) in [5, 5.41) is 15.5. The minimum atomic E-state index is -1.12. The number of nitrogens with zero attached hydrogens (tertiary/aromatic N) is 2. The highest BCUT2D eigenvalue weighted by Gasteiger charge is 2.25. The van der Waals surface area contributed by atoms with Gasteiger partial charge in [0.2, 0.25) is 5.91 Å². The first-order valence-electron chi connectivity index (χ1n) is 10.7. The van der Waals surface area contributed by atoms with Crippen LogP contribution in [0.1, 0.15) is 22.0 Å². The summed E-state index contributed by atoms with van der Waals surface area (Å²) in [5.74, 6) is -3.65. The Hall–Kier alpha value is -4.37. The van der Waals surface area contributed by atoms with Crippen molar-refractivity contribution >= 4 is 29.2 Å². The number of carboxylic acid groups (broad SMARTS) is 1. The zero-order valence-electron chi connectivity index (χ0n) is 18.5. The van der Waals surface area contributed by atoms with E-state index in [4.69, 9.17) is 16.7 Å². The van der Waals surface area contributed by atoms with Crippen LogP contribution in [0.4, 0.5) is 14.5 Å². The molecule has 1 unspecified atom stereocenters. The minimum absolute atomic E-state index is 0.0442. The molecule has 182 valence electrons. The number of benzene rings is 3. The molecule has 0 radical (unpaired) electrons. The normalized spacial score (nSPS) is 11.6. The fraction of sp³-hybridized carbons (Fsp3) is 0.0769. The third-order valence-corrected chi connectivity index (χ3v) is 5.72. The van der Waals surface area contributed by atoms with Crippen molar-refractivity contribution in [2.75, 3.05) is 5.32 Å². The second-order valence-corrected chi connectivity index (χ2v) is 8.23. The second-order valence-electron chi connectivity index (χ2n) is 7.82. The molecule has 2 N–H and O–H groups in total. The fourth-order valence-electron chi connectivity index (χ4n) is 3.63. The molecule has 36 heavy (non-hydrogen) atoms. The minimum Gasteiger partial charge on any atom is -0.478 e. The lowest BCUT2D eigenvalue weighted by atomic mass is 10.0. The van der Waals surface area contributed by atoms with Crippen LogP contribution in [0.3, 0.4) is 0 Å². The summed E-state index contributed by atoms with van der Waals surface area (Å²) >= 11 is 5.76. The number of nitrogens with one attached hydrogen (secondary N) is 1. The summed E-state index contributed by atoms with van der Waals surface area (Å²) < 4.78 is 29.7. The topological polar surface area (TPSA) is 101 Å². The van der Waals surface area contributed by atoms with E-state index in [2.05, 4.69) is 10.4 Å². The molecule has 0 aliphatic heterocycles. The first-order valence-corrected chi connectivity index (χ1v) is 11.0. The van der Waals surface area contributed by atoms with E-state index in [0.29, 0.717) is 5.69 Å². The largest absolute Gasteiger partial charge is 0.478 e. The Kier molecular flexibility index (Phi) is 7.21. The predicted molar refractivity (Wildman–Crippen MR) is 130 cm³/mol. The lowest BCUT2D eigenvalue weighted by Gasteiger charge is -2.19. The van der Waals surface area contributed by atoms with Gasteiger partial charge in [0.15, 0.2) is 5.82 Å². The van der Waals surface area contributed by atoms with E-state index in [1.807, 2.05) is 0 Å². The first kappa shape index (κ1) is 24.7. The Morgan fingerprint density at radius 3 is 2.36 bits per heavy atom. The van der Waals surface area contributed by atoms with Gasteiger partial charge in [-0.3, -0.25) is 9.59 Å². The van der Waals surface area contributed by atoms with Crippen molar-refractivity contribution in [3.05, 3.63) is 117 Å². The molecule has 10 heteroatoms. The molecule has 0 fully saturated rings. The summed E-state index contributed by atoms with van der Waals surface area (Å²) in [6.45, 7) is 0. The van der Waals surface area contributed by atoms with Crippen LogP contribution in [0.25, 0.3) is 11.1 Å². The van der Waals surface area contributed by atoms with Gasteiger partial charge in [-0.05, 0) is 42.0 Å². The SMILES string of the molecule is O=C(O)c1ccc(NC(=O)C(Cc2ccccc2)n2ncc(-c3c(F)ccc(Cl)c3F)cc2=O)cc1. The van der Waals surface area contributed by atoms with Gasteiger partial charge in [0, 0.05) is 23.7 Å². The lowest BCUT2D eigenvalue weighted by Crippen LogP contribution is -2.36. The van der Waals surface area contributed by atoms with E-state index in [9.17, 15) is 23.2 Å². The van der Waals surface area contributed by atoms with Crippen molar-refractivity contribution in [3.8, 4) is 11.1 Å². The first-order chi connectivity index (χ1) is 17.2. The molecule has 1 aromatic heterocycles. The third-order valence-electron chi connectivity index (χ3n) is 5.43. The molecule has 0 aliphatic carbocycles. The van der Waals surface area contributed by atoms with E-state index in [-0.39, 0.29) is 22.6 Å². The number of rotatable bonds is 7. The van der Waals surface area contributed by atoms with E-state index in [1.54, 1.807) is 30.3 Å². The van der Waals surface area contributed by atoms with Gasteiger partial charge in [0.05, 0.1) is 22.3 Å². The lowest BCUT2D eigenvalue weighted by molar-refractivity contribution is -0.119. The Morgan fingerprint density at radius 1 is 1.03 bits per heavy atom. The summed E-state index contributed by atoms with van der Waals surface area (Å²) in [5.41, 5.74) is -0.288. The Balaban J connectivity index is 1.70. The molecule has 4 rings (SSSR count). The fourth-order valence-corrected chi connectivity index (χ4v) is 3.79. The van der Waals surface area contributed by atoms with Crippen molar-refractivity contribution < 1.29 is 23.5 Å². The van der Waals surface area contributed by atoms with Gasteiger partial charge in [-0.25, -0.2) is 18.3 Å². The highest BCUT2D eigenvalue weighted by molar-refractivity contribution is 6.31. The van der Waals surface area contributed by atoms with Crippen LogP contribution in [-0.2, 0) is 11.2 Å². The highest BCUT2D eigenvalue weighted by atomic mass is 35.5. The Morgan fingerprint density at radius 2 is 1.72 bits per heavy atom. The van der Waals surface area contributed by atoms with Gasteiger partial charge in [-0.15, -0.1) is 0 Å². The van der Waals surface area contributed by atoms with Crippen LogP contribution in [0.2, 0.25) is 5.02 Å². The van der Waals surface area contributed by atoms with E-state index < -0.39 is 40.7 Å². The van der Waals surface area contributed by atoms with Gasteiger partial charge in [-0.1, -0.05) is 41.9 Å². The number of halogens is 3. The summed E-state index contributed by atoms with van der Waals surface area (Å²) in [4.78, 5) is 37.3. The van der Waals surface area contributed by atoms with Crippen molar-refractivity contribution in [3.63, 3.8) is 0 Å². The molecule has 0 spiro atoms. The molecule has 4 aromatic rings. The van der Waals surface area contributed by atoms with E-state index >= 15 is 0 Å². The smallest absolute Gasteiger partial charge is 0.335 e. The third kappa shape index (κ3) is 5.31. The molecular weight excluding hydrogens is 492 g/mol. The number of aromatic carboxylic acids is 1. The zero-order valence-corrected chi connectivity index (χ0v) is 19.2. The number of carbonyl (C=O) groups excluding carboxylic acids is 1. The Bertz CT molecular complexity index is 1490. The number of carbonyl (C=O) groups is 2. The quantitative estimate of drug-likeness (QED) is 0.343. The molecule has 7 nitrogen and oxygen atoms in total. The van der Waals surface area contributed by atoms with Gasteiger partial charge in [0.25, 0.3) is 5.56 Å². The van der Waals surface area contributed by atoms with Gasteiger partial charge in [-0.2, -0.15) is 5.10 Å². The van der Waals surface area contributed by atoms with Crippen LogP contribution >= 0.6 is 11.6 Å². The number of hydrogen-bond acceptors (Lipinski definition) is 4.